The molecular weight excluding hydrogens is 356 g/mol. The Morgan fingerprint density at radius 3 is 1.82 bits per heavy atom. The SMILES string of the molecule is C1=C(/C2=N\NCCCCCCCC2)CCCCCCCCC/1.O=C(O)C(=O)O. The molecule has 1 aliphatic heterocycles. The monoisotopic (exact) mass is 394 g/mol. The van der Waals surface area contributed by atoms with Gasteiger partial charge >= 0.3 is 11.9 Å². The van der Waals surface area contributed by atoms with Crippen LogP contribution in [0.4, 0.5) is 0 Å². The van der Waals surface area contributed by atoms with E-state index in [0.29, 0.717) is 0 Å². The first-order valence-electron chi connectivity index (χ1n) is 11.1. The molecule has 0 aromatic heterocycles. The molecule has 6 nitrogen and oxygen atoms in total. The highest BCUT2D eigenvalue weighted by Crippen LogP contribution is 2.20. The predicted octanol–water partition coefficient (Wildman–Crippen LogP) is 5.28. The maximum Gasteiger partial charge on any atom is 0.414 e. The number of carbonyl (C=O) groups is 2. The number of allylic oxidation sites excluding steroid dienone is 2. The lowest BCUT2D eigenvalue weighted by Crippen LogP contribution is -2.14. The number of hydrazone groups is 1. The molecule has 0 radical (unpaired) electrons. The topological polar surface area (TPSA) is 99.0 Å². The molecule has 160 valence electrons. The first-order chi connectivity index (χ1) is 13.6. The first-order valence-corrected chi connectivity index (χ1v) is 11.1. The molecule has 0 aromatic rings. The first kappa shape index (κ1) is 24.2. The molecule has 1 aliphatic carbocycles. The smallest absolute Gasteiger partial charge is 0.414 e. The largest absolute Gasteiger partial charge is 0.473 e. The van der Waals surface area contributed by atoms with Crippen LogP contribution in [0.3, 0.4) is 0 Å². The fraction of sp³-hybridized carbons (Fsp3) is 0.773. The van der Waals surface area contributed by atoms with Crippen molar-refractivity contribution in [2.45, 2.75) is 103 Å². The van der Waals surface area contributed by atoms with Crippen molar-refractivity contribution in [3.8, 4) is 0 Å². The van der Waals surface area contributed by atoms with Crippen molar-refractivity contribution >= 4 is 17.7 Å². The number of rotatable bonds is 1. The van der Waals surface area contributed by atoms with Gasteiger partial charge in [-0.15, -0.1) is 0 Å². The quantitative estimate of drug-likeness (QED) is 0.525. The van der Waals surface area contributed by atoms with Gasteiger partial charge in [-0.05, 0) is 50.5 Å². The number of aliphatic carboxylic acids is 2. The number of hydrogen-bond donors (Lipinski definition) is 3. The summed E-state index contributed by atoms with van der Waals surface area (Å²) in [6.45, 7) is 1.05. The number of hydrogen-bond acceptors (Lipinski definition) is 4. The molecule has 0 fully saturated rings. The molecule has 28 heavy (non-hydrogen) atoms. The van der Waals surface area contributed by atoms with E-state index in [2.05, 4.69) is 11.5 Å². The van der Waals surface area contributed by atoms with Gasteiger partial charge in [0, 0.05) is 6.54 Å². The fourth-order valence-corrected chi connectivity index (χ4v) is 3.63. The Hall–Kier alpha value is -1.85. The molecule has 0 atom stereocenters. The zero-order valence-electron chi connectivity index (χ0n) is 17.3. The lowest BCUT2D eigenvalue weighted by molar-refractivity contribution is -0.159. The van der Waals surface area contributed by atoms with Gasteiger partial charge in [0.25, 0.3) is 0 Å². The predicted molar refractivity (Wildman–Crippen MR) is 113 cm³/mol. The summed E-state index contributed by atoms with van der Waals surface area (Å²) >= 11 is 0. The van der Waals surface area contributed by atoms with Crippen molar-refractivity contribution in [2.24, 2.45) is 5.10 Å². The van der Waals surface area contributed by atoms with Crippen LogP contribution in [0, 0.1) is 0 Å². The Labute approximate surface area is 169 Å². The Kier molecular flexibility index (Phi) is 13.9. The van der Waals surface area contributed by atoms with Gasteiger partial charge in [-0.25, -0.2) is 9.59 Å². The third-order valence-electron chi connectivity index (χ3n) is 5.26. The second-order valence-corrected chi connectivity index (χ2v) is 7.69. The van der Waals surface area contributed by atoms with Crippen molar-refractivity contribution in [3.05, 3.63) is 11.6 Å². The minimum absolute atomic E-state index is 1.05. The van der Waals surface area contributed by atoms with Gasteiger partial charge in [-0.3, -0.25) is 0 Å². The molecule has 0 bridgehead atoms. The highest BCUT2D eigenvalue weighted by atomic mass is 16.4. The van der Waals surface area contributed by atoms with Gasteiger partial charge in [-0.2, -0.15) is 5.10 Å². The Morgan fingerprint density at radius 2 is 1.21 bits per heavy atom. The summed E-state index contributed by atoms with van der Waals surface area (Å²) in [6, 6.07) is 0. The van der Waals surface area contributed by atoms with Crippen LogP contribution < -0.4 is 5.43 Å². The van der Waals surface area contributed by atoms with E-state index in [9.17, 15) is 0 Å². The molecule has 2 rings (SSSR count). The molecule has 0 saturated heterocycles. The lowest BCUT2D eigenvalue weighted by atomic mass is 9.97. The highest BCUT2D eigenvalue weighted by molar-refractivity contribution is 6.27. The summed E-state index contributed by atoms with van der Waals surface area (Å²) in [7, 11) is 0. The average molecular weight is 395 g/mol. The summed E-state index contributed by atoms with van der Waals surface area (Å²) in [5.41, 5.74) is 6.29. The van der Waals surface area contributed by atoms with Crippen LogP contribution in [0.25, 0.3) is 0 Å². The maximum atomic E-state index is 9.10. The van der Waals surface area contributed by atoms with E-state index in [1.807, 2.05) is 0 Å². The van der Waals surface area contributed by atoms with E-state index in [4.69, 9.17) is 24.9 Å². The van der Waals surface area contributed by atoms with Crippen LogP contribution in [-0.4, -0.2) is 34.4 Å². The Balaban J connectivity index is 0.000000568. The second kappa shape index (κ2) is 16.1. The zero-order chi connectivity index (χ0) is 20.5. The number of nitrogens with one attached hydrogen (secondary N) is 1. The molecule has 0 amide bonds. The Morgan fingerprint density at radius 1 is 0.714 bits per heavy atom. The molecule has 0 spiro atoms. The van der Waals surface area contributed by atoms with Gasteiger partial charge in [0.1, 0.15) is 0 Å². The highest BCUT2D eigenvalue weighted by Gasteiger charge is 2.09. The Bertz CT molecular complexity index is 469. The van der Waals surface area contributed by atoms with E-state index in [1.54, 1.807) is 5.57 Å². The molecular formula is C22H38N2O4. The number of carboxylic acid groups (broad SMARTS) is 2. The molecule has 3 N–H and O–H groups in total. The molecule has 0 unspecified atom stereocenters. The van der Waals surface area contributed by atoms with Crippen molar-refractivity contribution < 1.29 is 19.8 Å². The average Bonchev–Trinajstić information content (AvgIpc) is 2.78. The summed E-state index contributed by atoms with van der Waals surface area (Å²) in [5.74, 6) is -3.65. The van der Waals surface area contributed by atoms with E-state index in [-0.39, 0.29) is 0 Å². The molecule has 0 saturated carbocycles. The van der Waals surface area contributed by atoms with Crippen LogP contribution in [0.5, 0.6) is 0 Å². The van der Waals surface area contributed by atoms with Gasteiger partial charge < -0.3 is 15.6 Å². The summed E-state index contributed by atoms with van der Waals surface area (Å²) in [6.07, 6.45) is 24.2. The van der Waals surface area contributed by atoms with E-state index in [1.165, 1.54) is 108 Å². The minimum atomic E-state index is -1.82. The summed E-state index contributed by atoms with van der Waals surface area (Å²) in [4.78, 5) is 18.2. The van der Waals surface area contributed by atoms with Crippen molar-refractivity contribution in [3.63, 3.8) is 0 Å². The lowest BCUT2D eigenvalue weighted by Gasteiger charge is -2.12. The van der Waals surface area contributed by atoms with Gasteiger partial charge in [-0.1, -0.05) is 63.9 Å². The summed E-state index contributed by atoms with van der Waals surface area (Å²) in [5, 5.41) is 19.6. The van der Waals surface area contributed by atoms with Gasteiger partial charge in [0.05, 0.1) is 5.71 Å². The standard InChI is InChI=1S/C20H36N2.C2H2O4/c1-2-4-8-12-16-19(15-11-7-3-1)20-17-13-9-5-6-10-14-18-21-22-20;3-1(4)2(5)6/h15,21H,1-14,16-18H2;(H,3,4)(H,5,6)/b19-15+,22-20-;. The number of nitrogens with zero attached hydrogens (tertiary/aromatic N) is 1. The normalized spacial score (nSPS) is 24.1. The van der Waals surface area contributed by atoms with Crippen LogP contribution in [0.1, 0.15) is 103 Å². The second-order valence-electron chi connectivity index (χ2n) is 7.69. The van der Waals surface area contributed by atoms with Crippen molar-refractivity contribution in [1.82, 2.24) is 5.43 Å². The molecule has 0 aromatic carbocycles. The van der Waals surface area contributed by atoms with E-state index in [0.717, 1.165) is 6.54 Å². The van der Waals surface area contributed by atoms with Crippen molar-refractivity contribution in [1.29, 1.82) is 0 Å². The molecule has 1 heterocycles. The van der Waals surface area contributed by atoms with Gasteiger partial charge in [0.15, 0.2) is 0 Å². The minimum Gasteiger partial charge on any atom is -0.473 e. The van der Waals surface area contributed by atoms with Gasteiger partial charge in [0.2, 0.25) is 0 Å². The van der Waals surface area contributed by atoms with E-state index >= 15 is 0 Å². The van der Waals surface area contributed by atoms with Crippen LogP contribution >= 0.6 is 0 Å². The maximum absolute atomic E-state index is 9.10. The van der Waals surface area contributed by atoms with Crippen LogP contribution in [-0.2, 0) is 9.59 Å². The fourth-order valence-electron chi connectivity index (χ4n) is 3.63. The van der Waals surface area contributed by atoms with E-state index < -0.39 is 11.9 Å². The van der Waals surface area contributed by atoms with Crippen molar-refractivity contribution in [2.75, 3.05) is 6.54 Å². The van der Waals surface area contributed by atoms with Crippen LogP contribution in [0.15, 0.2) is 16.8 Å². The molecule has 2 aliphatic rings. The third kappa shape index (κ3) is 12.5. The molecule has 6 heteroatoms. The number of carboxylic acids is 2. The van der Waals surface area contributed by atoms with Crippen LogP contribution in [0.2, 0.25) is 0 Å². The zero-order valence-corrected chi connectivity index (χ0v) is 17.3. The summed E-state index contributed by atoms with van der Waals surface area (Å²) < 4.78 is 0. The third-order valence-corrected chi connectivity index (χ3v) is 5.26.